The van der Waals surface area contributed by atoms with E-state index in [-0.39, 0.29) is 11.5 Å². The molecule has 0 unspecified atom stereocenters. The van der Waals surface area contributed by atoms with Gasteiger partial charge >= 0.3 is 0 Å². The Morgan fingerprint density at radius 3 is 2.48 bits per heavy atom. The van der Waals surface area contributed by atoms with Crippen LogP contribution in [0.25, 0.3) is 22.4 Å². The molecule has 4 aromatic rings. The summed E-state index contributed by atoms with van der Waals surface area (Å²) in [6.07, 6.45) is 2.24. The van der Waals surface area contributed by atoms with Crippen LogP contribution in [0.15, 0.2) is 57.8 Å². The van der Waals surface area contributed by atoms with Crippen molar-refractivity contribution in [2.45, 2.75) is 18.8 Å². The molecule has 1 aliphatic carbocycles. The van der Waals surface area contributed by atoms with Crippen molar-refractivity contribution >= 4 is 22.8 Å². The zero-order valence-corrected chi connectivity index (χ0v) is 17.9. The predicted octanol–water partition coefficient (Wildman–Crippen LogP) is 2.81. The van der Waals surface area contributed by atoms with Gasteiger partial charge in [-0.25, -0.2) is 4.98 Å². The van der Waals surface area contributed by atoms with E-state index in [0.29, 0.717) is 60.4 Å². The molecule has 0 bridgehead atoms. The van der Waals surface area contributed by atoms with E-state index in [0.717, 1.165) is 24.2 Å². The van der Waals surface area contributed by atoms with Gasteiger partial charge < -0.3 is 14.3 Å². The second kappa shape index (κ2) is 7.84. The molecule has 2 aromatic heterocycles. The summed E-state index contributed by atoms with van der Waals surface area (Å²) in [6, 6.07) is 14.6. The van der Waals surface area contributed by atoms with Crippen LogP contribution in [0.2, 0.25) is 0 Å². The third-order valence-electron chi connectivity index (χ3n) is 6.23. The predicted molar refractivity (Wildman–Crippen MR) is 122 cm³/mol. The molecular weight excluding hydrogens is 420 g/mol. The molecule has 33 heavy (non-hydrogen) atoms. The van der Waals surface area contributed by atoms with Gasteiger partial charge in [-0.05, 0) is 49.2 Å². The highest BCUT2D eigenvalue weighted by molar-refractivity contribution is 5.94. The van der Waals surface area contributed by atoms with Crippen molar-refractivity contribution in [1.82, 2.24) is 25.0 Å². The van der Waals surface area contributed by atoms with Gasteiger partial charge in [-0.15, -0.1) is 0 Å². The molecule has 2 fully saturated rings. The Morgan fingerprint density at radius 2 is 1.73 bits per heavy atom. The van der Waals surface area contributed by atoms with Gasteiger partial charge in [0.1, 0.15) is 0 Å². The number of benzene rings is 2. The number of hydrogen-bond donors (Lipinski definition) is 1. The fraction of sp³-hybridized carbons (Fsp3) is 0.292. The number of para-hydroxylation sites is 1. The van der Waals surface area contributed by atoms with E-state index >= 15 is 0 Å². The number of nitrogens with one attached hydrogen (secondary N) is 1. The fourth-order valence-electron chi connectivity index (χ4n) is 4.14. The highest BCUT2D eigenvalue weighted by Crippen LogP contribution is 2.38. The Kier molecular flexibility index (Phi) is 4.67. The maximum absolute atomic E-state index is 13.0. The zero-order valence-electron chi connectivity index (χ0n) is 17.9. The van der Waals surface area contributed by atoms with E-state index in [2.05, 4.69) is 20.1 Å². The van der Waals surface area contributed by atoms with Crippen LogP contribution in [0.1, 0.15) is 34.9 Å². The van der Waals surface area contributed by atoms with Crippen molar-refractivity contribution in [1.29, 1.82) is 0 Å². The zero-order chi connectivity index (χ0) is 22.4. The number of fused-ring (bicyclic) bond motifs is 1. The minimum absolute atomic E-state index is 0.0228. The second-order valence-corrected chi connectivity index (χ2v) is 8.50. The Bertz CT molecular complexity index is 1380. The first-order valence-corrected chi connectivity index (χ1v) is 11.1. The van der Waals surface area contributed by atoms with Gasteiger partial charge in [0.05, 0.1) is 10.9 Å². The monoisotopic (exact) mass is 442 g/mol. The summed E-state index contributed by atoms with van der Waals surface area (Å²) in [4.78, 5) is 41.1. The van der Waals surface area contributed by atoms with Crippen molar-refractivity contribution in [3.05, 3.63) is 70.3 Å². The van der Waals surface area contributed by atoms with Crippen LogP contribution < -0.4 is 10.5 Å². The number of aromatic nitrogens is 4. The third-order valence-corrected chi connectivity index (χ3v) is 6.23. The summed E-state index contributed by atoms with van der Waals surface area (Å²) in [6.45, 7) is 2.28. The molecule has 0 atom stereocenters. The highest BCUT2D eigenvalue weighted by Gasteiger charge is 2.29. The molecule has 3 heterocycles. The molecule has 1 saturated heterocycles. The van der Waals surface area contributed by atoms with E-state index < -0.39 is 0 Å². The molecule has 9 heteroatoms. The van der Waals surface area contributed by atoms with Crippen LogP contribution >= 0.6 is 0 Å². The van der Waals surface area contributed by atoms with E-state index in [1.54, 1.807) is 18.2 Å². The van der Waals surface area contributed by atoms with Crippen molar-refractivity contribution in [2.75, 3.05) is 31.1 Å². The van der Waals surface area contributed by atoms with E-state index in [1.807, 2.05) is 40.1 Å². The quantitative estimate of drug-likeness (QED) is 0.518. The molecule has 1 N–H and O–H groups in total. The maximum Gasteiger partial charge on any atom is 0.260 e. The van der Waals surface area contributed by atoms with Gasteiger partial charge in [0.2, 0.25) is 5.95 Å². The van der Waals surface area contributed by atoms with Crippen LogP contribution in [-0.4, -0.2) is 57.1 Å². The first-order chi connectivity index (χ1) is 16.2. The average molecular weight is 442 g/mol. The molecule has 166 valence electrons. The SMILES string of the molecule is O=C(c1ccc(-c2nc(C3CC3)no2)cc1)N1CCN(c2nc3ccccc3c(=O)[nH]2)CC1. The molecular formula is C24H22N6O3. The summed E-state index contributed by atoms with van der Waals surface area (Å²) in [5.41, 5.74) is 1.94. The highest BCUT2D eigenvalue weighted by atomic mass is 16.5. The lowest BCUT2D eigenvalue weighted by Gasteiger charge is -2.35. The number of carbonyl (C=O) groups is 1. The summed E-state index contributed by atoms with van der Waals surface area (Å²) in [5.74, 6) is 2.21. The number of aromatic amines is 1. The first kappa shape index (κ1) is 19.7. The van der Waals surface area contributed by atoms with E-state index in [9.17, 15) is 9.59 Å². The third kappa shape index (κ3) is 3.75. The second-order valence-electron chi connectivity index (χ2n) is 8.50. The van der Waals surface area contributed by atoms with Crippen LogP contribution in [-0.2, 0) is 0 Å². The number of H-pyrrole nitrogens is 1. The van der Waals surface area contributed by atoms with Gasteiger partial charge in [0.25, 0.3) is 17.4 Å². The van der Waals surface area contributed by atoms with E-state index in [4.69, 9.17) is 4.52 Å². The summed E-state index contributed by atoms with van der Waals surface area (Å²) in [5, 5.41) is 4.62. The molecule has 9 nitrogen and oxygen atoms in total. The maximum atomic E-state index is 13.0. The number of rotatable bonds is 4. The fourth-order valence-corrected chi connectivity index (χ4v) is 4.14. The minimum Gasteiger partial charge on any atom is -0.339 e. The van der Waals surface area contributed by atoms with Crippen LogP contribution in [0, 0.1) is 0 Å². The average Bonchev–Trinajstić information content (AvgIpc) is 3.60. The number of nitrogens with zero attached hydrogens (tertiary/aromatic N) is 5. The topological polar surface area (TPSA) is 108 Å². The molecule has 1 aliphatic heterocycles. The molecule has 2 aromatic carbocycles. The van der Waals surface area contributed by atoms with E-state index in [1.165, 1.54) is 0 Å². The number of carbonyl (C=O) groups excluding carboxylic acids is 1. The summed E-state index contributed by atoms with van der Waals surface area (Å²) in [7, 11) is 0. The van der Waals surface area contributed by atoms with Gasteiger partial charge in [0, 0.05) is 43.2 Å². The van der Waals surface area contributed by atoms with Crippen molar-refractivity contribution in [3.8, 4) is 11.5 Å². The lowest BCUT2D eigenvalue weighted by atomic mass is 10.1. The Balaban J connectivity index is 1.12. The standard InChI is InChI=1S/C24H22N6O3/c31-21-18-3-1-2-4-19(18)25-24(27-21)30-13-11-29(12-14-30)23(32)17-9-7-16(8-10-17)22-26-20(28-33-22)15-5-6-15/h1-4,7-10,15H,5-6,11-14H2,(H,25,27,31). The molecule has 2 aliphatic rings. The van der Waals surface area contributed by atoms with Crippen molar-refractivity contribution in [2.24, 2.45) is 0 Å². The first-order valence-electron chi connectivity index (χ1n) is 11.1. The smallest absolute Gasteiger partial charge is 0.260 e. The van der Waals surface area contributed by atoms with Crippen LogP contribution in [0.5, 0.6) is 0 Å². The molecule has 0 spiro atoms. The Labute approximate surface area is 189 Å². The molecule has 6 rings (SSSR count). The minimum atomic E-state index is -0.153. The summed E-state index contributed by atoms with van der Waals surface area (Å²) < 4.78 is 5.36. The Morgan fingerprint density at radius 1 is 0.970 bits per heavy atom. The molecule has 1 saturated carbocycles. The summed E-state index contributed by atoms with van der Waals surface area (Å²) >= 11 is 0. The number of amides is 1. The number of piperazine rings is 1. The molecule has 1 amide bonds. The lowest BCUT2D eigenvalue weighted by molar-refractivity contribution is 0.0746. The van der Waals surface area contributed by atoms with Crippen LogP contribution in [0.4, 0.5) is 5.95 Å². The van der Waals surface area contributed by atoms with Gasteiger partial charge in [-0.2, -0.15) is 4.98 Å². The number of anilines is 1. The normalized spacial score (nSPS) is 16.4. The molecule has 0 radical (unpaired) electrons. The largest absolute Gasteiger partial charge is 0.339 e. The lowest BCUT2D eigenvalue weighted by Crippen LogP contribution is -2.49. The number of hydrogen-bond acceptors (Lipinski definition) is 7. The van der Waals surface area contributed by atoms with Crippen molar-refractivity contribution in [3.63, 3.8) is 0 Å². The van der Waals surface area contributed by atoms with Gasteiger partial charge in [-0.3, -0.25) is 14.6 Å². The van der Waals surface area contributed by atoms with Gasteiger partial charge in [0.15, 0.2) is 5.82 Å². The van der Waals surface area contributed by atoms with Crippen LogP contribution in [0.3, 0.4) is 0 Å². The van der Waals surface area contributed by atoms with Gasteiger partial charge in [-0.1, -0.05) is 17.3 Å². The Hall–Kier alpha value is -4.01. The van der Waals surface area contributed by atoms with Crippen molar-refractivity contribution < 1.29 is 9.32 Å².